The SMILES string of the molecule is COC1CN(C(=O)c2cc(C)ccc2C)CC1Oc1cccc(CS(=O)(=O)N2CCCC2c2nccs2)c1. The number of carbonyl (C=O) groups is 1. The second-order valence-corrected chi connectivity index (χ2v) is 12.8. The molecule has 10 heteroatoms. The van der Waals surface area contributed by atoms with Crippen molar-refractivity contribution in [3.63, 3.8) is 0 Å². The second-order valence-electron chi connectivity index (χ2n) is 10.0. The van der Waals surface area contributed by atoms with Gasteiger partial charge >= 0.3 is 0 Å². The van der Waals surface area contributed by atoms with Gasteiger partial charge in [0.25, 0.3) is 5.91 Å². The smallest absolute Gasteiger partial charge is 0.254 e. The number of carbonyl (C=O) groups excluding carboxylic acids is 1. The largest absolute Gasteiger partial charge is 0.486 e. The first-order valence-electron chi connectivity index (χ1n) is 12.8. The van der Waals surface area contributed by atoms with E-state index in [4.69, 9.17) is 9.47 Å². The van der Waals surface area contributed by atoms with Crippen LogP contribution in [0, 0.1) is 13.8 Å². The monoisotopic (exact) mass is 555 g/mol. The van der Waals surface area contributed by atoms with Crippen LogP contribution in [0.5, 0.6) is 5.75 Å². The number of thiazole rings is 1. The Bertz CT molecular complexity index is 1390. The molecular formula is C28H33N3O5S2. The highest BCUT2D eigenvalue weighted by molar-refractivity contribution is 7.88. The quantitative estimate of drug-likeness (QED) is 0.411. The van der Waals surface area contributed by atoms with Crippen LogP contribution in [-0.4, -0.2) is 67.5 Å². The third-order valence-electron chi connectivity index (χ3n) is 7.26. The van der Waals surface area contributed by atoms with Crippen molar-refractivity contribution in [2.75, 3.05) is 26.7 Å². The van der Waals surface area contributed by atoms with Gasteiger partial charge in [-0.05, 0) is 56.0 Å². The van der Waals surface area contributed by atoms with Crippen molar-refractivity contribution in [1.82, 2.24) is 14.2 Å². The summed E-state index contributed by atoms with van der Waals surface area (Å²) in [5, 5.41) is 2.72. The Balaban J connectivity index is 1.28. The number of amides is 1. The van der Waals surface area contributed by atoms with Crippen LogP contribution in [0.3, 0.4) is 0 Å². The molecule has 0 bridgehead atoms. The number of likely N-dealkylation sites (tertiary alicyclic amines) is 1. The zero-order chi connectivity index (χ0) is 26.9. The van der Waals surface area contributed by atoms with E-state index in [1.807, 2.05) is 43.5 Å². The van der Waals surface area contributed by atoms with Crippen molar-refractivity contribution in [1.29, 1.82) is 0 Å². The van der Waals surface area contributed by atoms with Crippen molar-refractivity contribution >= 4 is 27.3 Å². The van der Waals surface area contributed by atoms with E-state index < -0.39 is 10.0 Å². The number of hydrogen-bond donors (Lipinski definition) is 0. The molecule has 0 saturated carbocycles. The Morgan fingerprint density at radius 1 is 1.13 bits per heavy atom. The van der Waals surface area contributed by atoms with Crippen molar-refractivity contribution in [2.24, 2.45) is 0 Å². The lowest BCUT2D eigenvalue weighted by atomic mass is 10.0. The van der Waals surface area contributed by atoms with Crippen molar-refractivity contribution in [2.45, 2.75) is 50.7 Å². The Morgan fingerprint density at radius 3 is 2.71 bits per heavy atom. The summed E-state index contributed by atoms with van der Waals surface area (Å²) in [6.07, 6.45) is 2.67. The summed E-state index contributed by atoms with van der Waals surface area (Å²) in [5.74, 6) is 0.407. The summed E-state index contributed by atoms with van der Waals surface area (Å²) in [6.45, 7) is 5.22. The molecule has 2 aliphatic rings. The van der Waals surface area contributed by atoms with E-state index in [1.165, 1.54) is 11.3 Å². The second kappa shape index (κ2) is 11.1. The van der Waals surface area contributed by atoms with E-state index in [2.05, 4.69) is 4.98 Å². The molecule has 2 aromatic carbocycles. The standard InChI is InChI=1S/C28H33N3O5S2/c1-19-9-10-20(2)23(14-19)28(32)30-16-25(35-3)26(17-30)36-22-7-4-6-21(15-22)18-38(33,34)31-12-5-8-24(31)27-29-11-13-37-27/h4,6-7,9-11,13-15,24-26H,5,8,12,16-18H2,1-3H3. The van der Waals surface area contributed by atoms with Crippen LogP contribution in [0.1, 0.15) is 50.9 Å². The lowest BCUT2D eigenvalue weighted by molar-refractivity contribution is 0.0339. The zero-order valence-electron chi connectivity index (χ0n) is 21.9. The molecule has 1 amide bonds. The normalized spacial score (nSPS) is 22.2. The summed E-state index contributed by atoms with van der Waals surface area (Å²) in [6, 6.07) is 12.9. The van der Waals surface area contributed by atoms with Gasteiger partial charge in [-0.1, -0.05) is 29.8 Å². The lowest BCUT2D eigenvalue weighted by Crippen LogP contribution is -2.32. The number of aryl methyl sites for hydroxylation is 2. The molecule has 3 aromatic rings. The molecule has 3 heterocycles. The molecule has 38 heavy (non-hydrogen) atoms. The Morgan fingerprint density at radius 2 is 1.95 bits per heavy atom. The van der Waals surface area contributed by atoms with Crippen LogP contribution in [0.25, 0.3) is 0 Å². The number of benzene rings is 2. The molecule has 0 radical (unpaired) electrons. The molecule has 2 aliphatic heterocycles. The van der Waals surface area contributed by atoms with Crippen LogP contribution in [-0.2, 0) is 20.5 Å². The van der Waals surface area contributed by atoms with Gasteiger partial charge in [0.2, 0.25) is 10.0 Å². The van der Waals surface area contributed by atoms with Gasteiger partial charge in [-0.25, -0.2) is 13.4 Å². The summed E-state index contributed by atoms with van der Waals surface area (Å²) in [7, 11) is -1.92. The first kappa shape index (κ1) is 26.8. The maximum Gasteiger partial charge on any atom is 0.254 e. The minimum absolute atomic E-state index is 0.0420. The Kier molecular flexibility index (Phi) is 7.85. The summed E-state index contributed by atoms with van der Waals surface area (Å²) < 4.78 is 40.3. The van der Waals surface area contributed by atoms with E-state index in [1.54, 1.807) is 40.7 Å². The maximum absolute atomic E-state index is 13.4. The molecular weight excluding hydrogens is 522 g/mol. The van der Waals surface area contributed by atoms with Crippen molar-refractivity contribution < 1.29 is 22.7 Å². The number of sulfonamides is 1. The molecule has 3 atom stereocenters. The van der Waals surface area contributed by atoms with E-state index in [0.717, 1.165) is 29.0 Å². The average Bonchev–Trinajstić information content (AvgIpc) is 3.65. The van der Waals surface area contributed by atoms with E-state index in [0.29, 0.717) is 36.5 Å². The average molecular weight is 556 g/mol. The van der Waals surface area contributed by atoms with Gasteiger partial charge in [-0.2, -0.15) is 4.31 Å². The molecule has 1 aromatic heterocycles. The summed E-state index contributed by atoms with van der Waals surface area (Å²) >= 11 is 1.49. The third-order valence-corrected chi connectivity index (χ3v) is 9.99. The number of hydrogen-bond acceptors (Lipinski definition) is 7. The molecule has 0 N–H and O–H groups in total. The van der Waals surface area contributed by atoms with Crippen LogP contribution < -0.4 is 4.74 Å². The molecule has 2 fully saturated rings. The van der Waals surface area contributed by atoms with Crippen molar-refractivity contribution in [3.8, 4) is 5.75 Å². The topological polar surface area (TPSA) is 89.0 Å². The van der Waals surface area contributed by atoms with Gasteiger partial charge in [-0.3, -0.25) is 4.79 Å². The molecule has 202 valence electrons. The van der Waals surface area contributed by atoms with E-state index >= 15 is 0 Å². The first-order chi connectivity index (χ1) is 18.2. The first-order valence-corrected chi connectivity index (χ1v) is 15.3. The third kappa shape index (κ3) is 5.63. The highest BCUT2D eigenvalue weighted by Crippen LogP contribution is 2.36. The number of ether oxygens (including phenoxy) is 2. The summed E-state index contributed by atoms with van der Waals surface area (Å²) in [4.78, 5) is 19.4. The van der Waals surface area contributed by atoms with Crippen LogP contribution in [0.4, 0.5) is 0 Å². The van der Waals surface area contributed by atoms with E-state index in [-0.39, 0.29) is 29.9 Å². The molecule has 3 unspecified atom stereocenters. The van der Waals surface area contributed by atoms with Gasteiger partial charge in [0.05, 0.1) is 24.9 Å². The molecule has 0 aliphatic carbocycles. The molecule has 0 spiro atoms. The predicted molar refractivity (Wildman–Crippen MR) is 147 cm³/mol. The van der Waals surface area contributed by atoms with Gasteiger partial charge in [-0.15, -0.1) is 11.3 Å². The molecule has 8 nitrogen and oxygen atoms in total. The predicted octanol–water partition coefficient (Wildman–Crippen LogP) is 4.35. The van der Waals surface area contributed by atoms with Crippen LogP contribution in [0.15, 0.2) is 54.0 Å². The fourth-order valence-electron chi connectivity index (χ4n) is 5.28. The number of nitrogens with zero attached hydrogens (tertiary/aromatic N) is 3. The molecule has 5 rings (SSSR count). The Hall–Kier alpha value is -2.79. The van der Waals surface area contributed by atoms with Gasteiger partial charge in [0.15, 0.2) is 0 Å². The van der Waals surface area contributed by atoms with Crippen LogP contribution >= 0.6 is 11.3 Å². The van der Waals surface area contributed by atoms with Crippen LogP contribution in [0.2, 0.25) is 0 Å². The molecule has 2 saturated heterocycles. The fraction of sp³-hybridized carbons (Fsp3) is 0.429. The highest BCUT2D eigenvalue weighted by Gasteiger charge is 2.39. The highest BCUT2D eigenvalue weighted by atomic mass is 32.2. The maximum atomic E-state index is 13.4. The summed E-state index contributed by atoms with van der Waals surface area (Å²) in [5.41, 5.74) is 3.31. The fourth-order valence-corrected chi connectivity index (χ4v) is 7.90. The van der Waals surface area contributed by atoms with Gasteiger partial charge in [0.1, 0.15) is 23.0 Å². The Labute approximate surface area is 228 Å². The lowest BCUT2D eigenvalue weighted by Gasteiger charge is -2.23. The van der Waals surface area contributed by atoms with Gasteiger partial charge < -0.3 is 14.4 Å². The number of rotatable bonds is 8. The van der Waals surface area contributed by atoms with E-state index in [9.17, 15) is 13.2 Å². The zero-order valence-corrected chi connectivity index (χ0v) is 23.5. The minimum atomic E-state index is -3.54. The van der Waals surface area contributed by atoms with Crippen molar-refractivity contribution in [3.05, 3.63) is 81.3 Å². The number of aromatic nitrogens is 1. The number of methoxy groups -OCH3 is 1. The van der Waals surface area contributed by atoms with Gasteiger partial charge in [0, 0.05) is 30.8 Å². The minimum Gasteiger partial charge on any atom is -0.486 e.